The van der Waals surface area contributed by atoms with Crippen LogP contribution in [0.15, 0.2) is 11.6 Å². The Hall–Kier alpha value is -0.300. The zero-order valence-corrected chi connectivity index (χ0v) is 8.02. The van der Waals surface area contributed by atoms with E-state index in [0.29, 0.717) is 5.41 Å². The van der Waals surface area contributed by atoms with E-state index in [1.807, 2.05) is 0 Å². The number of hydrogen-bond donors (Lipinski definition) is 1. The second-order valence-corrected chi connectivity index (χ2v) is 4.43. The predicted molar refractivity (Wildman–Crippen MR) is 49.2 cm³/mol. The van der Waals surface area contributed by atoms with E-state index < -0.39 is 0 Å². The molecule has 1 aliphatic carbocycles. The van der Waals surface area contributed by atoms with Crippen LogP contribution >= 0.6 is 0 Å². The molecular weight excluding hydrogens is 134 g/mol. The predicted octanol–water partition coefficient (Wildman–Crippen LogP) is 2.18. The Labute approximate surface area is 69.7 Å². The van der Waals surface area contributed by atoms with E-state index in [9.17, 15) is 0 Å². The van der Waals surface area contributed by atoms with Crippen molar-refractivity contribution in [2.45, 2.75) is 27.7 Å². The Balaban J connectivity index is 2.59. The maximum absolute atomic E-state index is 5.65. The van der Waals surface area contributed by atoms with Crippen LogP contribution in [0.2, 0.25) is 0 Å². The second-order valence-electron chi connectivity index (χ2n) is 4.43. The quantitative estimate of drug-likeness (QED) is 0.605. The van der Waals surface area contributed by atoms with Gasteiger partial charge < -0.3 is 5.73 Å². The lowest BCUT2D eigenvalue weighted by Gasteiger charge is -1.97. The van der Waals surface area contributed by atoms with E-state index in [4.69, 9.17) is 5.73 Å². The number of rotatable bonds is 2. The molecule has 0 unspecified atom stereocenters. The Morgan fingerprint density at radius 1 is 1.45 bits per heavy atom. The first-order chi connectivity index (χ1) is 5.00. The molecule has 0 aromatic heterocycles. The van der Waals surface area contributed by atoms with Crippen LogP contribution in [0.3, 0.4) is 0 Å². The average molecular weight is 153 g/mol. The lowest BCUT2D eigenvalue weighted by atomic mass is 10.1. The molecule has 1 heteroatoms. The standard InChI is InChI=1S/C10H19N/c1-7(2)5-8-9(6-11)10(8,3)4/h5,8-9H,6,11H2,1-4H3/t8-,9-/m1/s1. The van der Waals surface area contributed by atoms with Crippen molar-refractivity contribution >= 4 is 0 Å². The van der Waals surface area contributed by atoms with Crippen molar-refractivity contribution in [2.75, 3.05) is 6.54 Å². The number of nitrogens with two attached hydrogens (primary N) is 1. The highest BCUT2D eigenvalue weighted by Gasteiger charge is 2.54. The molecule has 11 heavy (non-hydrogen) atoms. The minimum atomic E-state index is 0.464. The van der Waals surface area contributed by atoms with Gasteiger partial charge in [0, 0.05) is 0 Å². The van der Waals surface area contributed by atoms with Gasteiger partial charge in [0.1, 0.15) is 0 Å². The first-order valence-electron chi connectivity index (χ1n) is 4.35. The van der Waals surface area contributed by atoms with E-state index in [1.54, 1.807) is 0 Å². The van der Waals surface area contributed by atoms with Gasteiger partial charge in [-0.1, -0.05) is 25.5 Å². The molecule has 0 bridgehead atoms. The first kappa shape index (κ1) is 8.79. The van der Waals surface area contributed by atoms with Crippen LogP contribution < -0.4 is 5.73 Å². The van der Waals surface area contributed by atoms with Crippen LogP contribution in [0.1, 0.15) is 27.7 Å². The molecule has 0 aromatic rings. The molecule has 64 valence electrons. The summed E-state index contributed by atoms with van der Waals surface area (Å²) in [5, 5.41) is 0. The van der Waals surface area contributed by atoms with Gasteiger partial charge in [-0.25, -0.2) is 0 Å². The highest BCUT2D eigenvalue weighted by Crippen LogP contribution is 2.58. The van der Waals surface area contributed by atoms with Crippen molar-refractivity contribution in [3.05, 3.63) is 11.6 Å². The van der Waals surface area contributed by atoms with Gasteiger partial charge >= 0.3 is 0 Å². The molecule has 2 N–H and O–H groups in total. The molecule has 0 aliphatic heterocycles. The van der Waals surface area contributed by atoms with Crippen molar-refractivity contribution in [3.8, 4) is 0 Å². The minimum Gasteiger partial charge on any atom is -0.330 e. The summed E-state index contributed by atoms with van der Waals surface area (Å²) < 4.78 is 0. The Morgan fingerprint density at radius 3 is 2.27 bits per heavy atom. The van der Waals surface area contributed by atoms with Crippen LogP contribution in [0.5, 0.6) is 0 Å². The molecular formula is C10H19N. The smallest absolute Gasteiger partial charge is 0.00377 e. The molecule has 1 nitrogen and oxygen atoms in total. The highest BCUT2D eigenvalue weighted by molar-refractivity contribution is 5.17. The molecule has 1 rings (SSSR count). The first-order valence-corrected chi connectivity index (χ1v) is 4.35. The van der Waals surface area contributed by atoms with Gasteiger partial charge in [0.25, 0.3) is 0 Å². The summed E-state index contributed by atoms with van der Waals surface area (Å²) in [4.78, 5) is 0. The van der Waals surface area contributed by atoms with Crippen molar-refractivity contribution in [3.63, 3.8) is 0 Å². The molecule has 0 aromatic carbocycles. The largest absolute Gasteiger partial charge is 0.330 e. The van der Waals surface area contributed by atoms with Crippen molar-refractivity contribution in [1.29, 1.82) is 0 Å². The fourth-order valence-corrected chi connectivity index (χ4v) is 1.93. The number of hydrogen-bond acceptors (Lipinski definition) is 1. The Morgan fingerprint density at radius 2 is 2.00 bits per heavy atom. The van der Waals surface area contributed by atoms with Crippen LogP contribution in [0.4, 0.5) is 0 Å². The van der Waals surface area contributed by atoms with Crippen molar-refractivity contribution < 1.29 is 0 Å². The monoisotopic (exact) mass is 153 g/mol. The van der Waals surface area contributed by atoms with Crippen LogP contribution in [-0.2, 0) is 0 Å². The summed E-state index contributed by atoms with van der Waals surface area (Å²) in [5.41, 5.74) is 7.53. The summed E-state index contributed by atoms with van der Waals surface area (Å²) in [6, 6.07) is 0. The van der Waals surface area contributed by atoms with E-state index in [2.05, 4.69) is 33.8 Å². The zero-order valence-electron chi connectivity index (χ0n) is 8.02. The molecule has 0 saturated heterocycles. The maximum Gasteiger partial charge on any atom is -0.00377 e. The average Bonchev–Trinajstić information content (AvgIpc) is 2.33. The molecule has 1 saturated carbocycles. The van der Waals surface area contributed by atoms with Gasteiger partial charge in [-0.05, 0) is 37.6 Å². The van der Waals surface area contributed by atoms with Crippen molar-refractivity contribution in [1.82, 2.24) is 0 Å². The van der Waals surface area contributed by atoms with Crippen LogP contribution in [0.25, 0.3) is 0 Å². The third-order valence-corrected chi connectivity index (χ3v) is 2.91. The summed E-state index contributed by atoms with van der Waals surface area (Å²) in [6.07, 6.45) is 2.36. The lowest BCUT2D eigenvalue weighted by Crippen LogP contribution is -2.05. The molecule has 1 fully saturated rings. The van der Waals surface area contributed by atoms with Gasteiger partial charge in [-0.2, -0.15) is 0 Å². The number of allylic oxidation sites excluding steroid dienone is 2. The van der Waals surface area contributed by atoms with Gasteiger partial charge in [-0.15, -0.1) is 0 Å². The third kappa shape index (κ3) is 1.48. The topological polar surface area (TPSA) is 26.0 Å². The fourth-order valence-electron chi connectivity index (χ4n) is 1.93. The van der Waals surface area contributed by atoms with Gasteiger partial charge in [0.2, 0.25) is 0 Å². The van der Waals surface area contributed by atoms with Crippen LogP contribution in [0, 0.1) is 17.3 Å². The minimum absolute atomic E-state index is 0.464. The summed E-state index contributed by atoms with van der Waals surface area (Å²) in [7, 11) is 0. The molecule has 0 heterocycles. The van der Waals surface area contributed by atoms with Gasteiger partial charge in [-0.3, -0.25) is 0 Å². The fraction of sp³-hybridized carbons (Fsp3) is 0.800. The van der Waals surface area contributed by atoms with E-state index >= 15 is 0 Å². The van der Waals surface area contributed by atoms with E-state index in [1.165, 1.54) is 5.57 Å². The van der Waals surface area contributed by atoms with Crippen LogP contribution in [-0.4, -0.2) is 6.54 Å². The maximum atomic E-state index is 5.65. The molecule has 0 amide bonds. The summed E-state index contributed by atoms with van der Waals surface area (Å²) in [5.74, 6) is 1.45. The highest BCUT2D eigenvalue weighted by atomic mass is 14.7. The lowest BCUT2D eigenvalue weighted by molar-refractivity contribution is 0.555. The Kier molecular flexibility index (Phi) is 2.10. The SMILES string of the molecule is CC(C)=C[C@@H]1[C@@H](CN)C1(C)C. The molecule has 2 atom stereocenters. The summed E-state index contributed by atoms with van der Waals surface area (Å²) in [6.45, 7) is 9.74. The second kappa shape index (κ2) is 2.63. The van der Waals surface area contributed by atoms with Crippen molar-refractivity contribution in [2.24, 2.45) is 23.0 Å². The molecule has 0 spiro atoms. The summed E-state index contributed by atoms with van der Waals surface area (Å²) >= 11 is 0. The van der Waals surface area contributed by atoms with Gasteiger partial charge in [0.05, 0.1) is 0 Å². The van der Waals surface area contributed by atoms with E-state index in [-0.39, 0.29) is 0 Å². The molecule has 0 radical (unpaired) electrons. The Bertz CT molecular complexity index is 175. The zero-order chi connectivity index (χ0) is 8.65. The third-order valence-electron chi connectivity index (χ3n) is 2.91. The van der Waals surface area contributed by atoms with E-state index in [0.717, 1.165) is 18.4 Å². The normalized spacial score (nSPS) is 33.2. The molecule has 1 aliphatic rings. The van der Waals surface area contributed by atoms with Gasteiger partial charge in [0.15, 0.2) is 0 Å².